The maximum atomic E-state index is 5.34. The van der Waals surface area contributed by atoms with Gasteiger partial charge < -0.3 is 4.57 Å². The Labute approximate surface area is 112 Å². The van der Waals surface area contributed by atoms with E-state index in [1.165, 1.54) is 5.56 Å². The van der Waals surface area contributed by atoms with Crippen molar-refractivity contribution >= 4 is 12.2 Å². The fraction of sp³-hybridized carbons (Fsp3) is 0.429. The molecule has 1 saturated carbocycles. The predicted octanol–water partition coefficient (Wildman–Crippen LogP) is 3.60. The first-order valence-electron chi connectivity index (χ1n) is 6.38. The largest absolute Gasteiger partial charge is 0.301 e. The molecule has 1 fully saturated rings. The monoisotopic (exact) mass is 259 g/mol. The Morgan fingerprint density at radius 1 is 1.28 bits per heavy atom. The molecule has 0 saturated heterocycles. The van der Waals surface area contributed by atoms with Gasteiger partial charge in [0, 0.05) is 6.04 Å². The summed E-state index contributed by atoms with van der Waals surface area (Å²) in [6, 6.07) is 11.0. The number of aromatic amines is 1. The molecule has 0 atom stereocenters. The molecule has 3 nitrogen and oxygen atoms in total. The molecule has 94 valence electrons. The number of benzene rings is 1. The Kier molecular flexibility index (Phi) is 2.63. The molecular formula is C14H17N3S. The molecule has 1 heterocycles. The molecule has 1 N–H and O–H groups in total. The van der Waals surface area contributed by atoms with E-state index in [0.717, 1.165) is 23.4 Å². The normalized spacial score (nSPS) is 17.1. The summed E-state index contributed by atoms with van der Waals surface area (Å²) in [4.78, 5) is 0. The Morgan fingerprint density at radius 2 is 1.94 bits per heavy atom. The lowest BCUT2D eigenvalue weighted by atomic mass is 9.95. The highest BCUT2D eigenvalue weighted by atomic mass is 32.1. The molecule has 4 heteroatoms. The van der Waals surface area contributed by atoms with Gasteiger partial charge in [-0.25, -0.2) is 0 Å². The van der Waals surface area contributed by atoms with E-state index >= 15 is 0 Å². The zero-order valence-corrected chi connectivity index (χ0v) is 11.5. The van der Waals surface area contributed by atoms with Crippen molar-refractivity contribution in [3.63, 3.8) is 0 Å². The molecule has 0 aliphatic heterocycles. The van der Waals surface area contributed by atoms with Crippen LogP contribution < -0.4 is 0 Å². The lowest BCUT2D eigenvalue weighted by Crippen LogP contribution is -2.18. The van der Waals surface area contributed by atoms with Crippen LogP contribution in [-0.2, 0) is 5.41 Å². The second-order valence-corrected chi connectivity index (χ2v) is 5.65. The topological polar surface area (TPSA) is 33.6 Å². The van der Waals surface area contributed by atoms with E-state index in [0.29, 0.717) is 6.04 Å². The zero-order valence-electron chi connectivity index (χ0n) is 10.7. The number of nitrogens with zero attached hydrogens (tertiary/aromatic N) is 2. The van der Waals surface area contributed by atoms with Gasteiger partial charge in [0.15, 0.2) is 4.77 Å². The third kappa shape index (κ3) is 1.63. The first-order valence-corrected chi connectivity index (χ1v) is 6.79. The van der Waals surface area contributed by atoms with E-state index in [4.69, 9.17) is 12.2 Å². The van der Waals surface area contributed by atoms with E-state index in [9.17, 15) is 0 Å². The third-order valence-electron chi connectivity index (χ3n) is 3.73. The molecule has 0 spiro atoms. The molecule has 1 aliphatic rings. The summed E-state index contributed by atoms with van der Waals surface area (Å²) in [6.07, 6.45) is 2.31. The average Bonchev–Trinajstić information content (AvgIpc) is 3.08. The molecule has 18 heavy (non-hydrogen) atoms. The Bertz CT molecular complexity index is 605. The second kappa shape index (κ2) is 4.05. The quantitative estimate of drug-likeness (QED) is 0.854. The summed E-state index contributed by atoms with van der Waals surface area (Å²) >= 11 is 5.34. The van der Waals surface area contributed by atoms with Crippen molar-refractivity contribution in [3.8, 4) is 0 Å². The number of nitrogens with one attached hydrogen (secondary N) is 1. The van der Waals surface area contributed by atoms with Crippen molar-refractivity contribution in [1.29, 1.82) is 0 Å². The average molecular weight is 259 g/mol. The number of hydrogen-bond acceptors (Lipinski definition) is 2. The van der Waals surface area contributed by atoms with Gasteiger partial charge in [-0.2, -0.15) is 5.10 Å². The lowest BCUT2D eigenvalue weighted by Gasteiger charge is -2.18. The van der Waals surface area contributed by atoms with Crippen LogP contribution in [0.25, 0.3) is 0 Å². The molecule has 0 bridgehead atoms. The first-order chi connectivity index (χ1) is 8.65. The smallest absolute Gasteiger partial charge is 0.195 e. The SMILES string of the molecule is CC(C)n1c(C2(c3ccccc3)CC2)n[nH]c1=S. The molecule has 1 aliphatic carbocycles. The van der Waals surface area contributed by atoms with Crippen molar-refractivity contribution in [2.75, 3.05) is 0 Å². The Balaban J connectivity index is 2.14. The van der Waals surface area contributed by atoms with Gasteiger partial charge in [-0.05, 0) is 44.5 Å². The van der Waals surface area contributed by atoms with Gasteiger partial charge in [-0.1, -0.05) is 30.3 Å². The molecule has 0 radical (unpaired) electrons. The highest BCUT2D eigenvalue weighted by Crippen LogP contribution is 2.52. The van der Waals surface area contributed by atoms with Crippen LogP contribution in [0.4, 0.5) is 0 Å². The summed E-state index contributed by atoms with van der Waals surface area (Å²) in [5, 5.41) is 7.44. The molecule has 1 aromatic carbocycles. The van der Waals surface area contributed by atoms with Crippen LogP contribution in [0.1, 0.15) is 44.1 Å². The summed E-state index contributed by atoms with van der Waals surface area (Å²) in [6.45, 7) is 4.30. The molecular weight excluding hydrogens is 242 g/mol. The zero-order chi connectivity index (χ0) is 12.8. The summed E-state index contributed by atoms with van der Waals surface area (Å²) in [5.41, 5.74) is 1.43. The number of H-pyrrole nitrogens is 1. The van der Waals surface area contributed by atoms with Gasteiger partial charge in [0.2, 0.25) is 0 Å². The van der Waals surface area contributed by atoms with Crippen LogP contribution >= 0.6 is 12.2 Å². The lowest BCUT2D eigenvalue weighted by molar-refractivity contribution is 0.538. The minimum atomic E-state index is 0.0824. The minimum absolute atomic E-state index is 0.0824. The maximum absolute atomic E-state index is 5.34. The van der Waals surface area contributed by atoms with Gasteiger partial charge in [-0.15, -0.1) is 0 Å². The van der Waals surface area contributed by atoms with Crippen molar-refractivity contribution in [2.24, 2.45) is 0 Å². The van der Waals surface area contributed by atoms with Crippen LogP contribution in [-0.4, -0.2) is 14.8 Å². The summed E-state index contributed by atoms with van der Waals surface area (Å²) in [7, 11) is 0. The number of rotatable bonds is 3. The van der Waals surface area contributed by atoms with Crippen LogP contribution in [0.5, 0.6) is 0 Å². The number of hydrogen-bond donors (Lipinski definition) is 1. The van der Waals surface area contributed by atoms with Gasteiger partial charge in [0.25, 0.3) is 0 Å². The van der Waals surface area contributed by atoms with Crippen molar-refractivity contribution in [2.45, 2.75) is 38.1 Å². The second-order valence-electron chi connectivity index (χ2n) is 5.26. The van der Waals surface area contributed by atoms with E-state index < -0.39 is 0 Å². The van der Waals surface area contributed by atoms with E-state index in [1.54, 1.807) is 0 Å². The summed E-state index contributed by atoms with van der Waals surface area (Å²) < 4.78 is 2.87. The fourth-order valence-corrected chi connectivity index (χ4v) is 2.99. The van der Waals surface area contributed by atoms with E-state index in [2.05, 4.69) is 58.9 Å². The maximum Gasteiger partial charge on any atom is 0.195 e. The van der Waals surface area contributed by atoms with Crippen LogP contribution in [0.3, 0.4) is 0 Å². The van der Waals surface area contributed by atoms with Crippen LogP contribution in [0.2, 0.25) is 0 Å². The van der Waals surface area contributed by atoms with Gasteiger partial charge in [0.1, 0.15) is 5.82 Å². The third-order valence-corrected chi connectivity index (χ3v) is 4.01. The summed E-state index contributed by atoms with van der Waals surface area (Å²) in [5.74, 6) is 1.09. The van der Waals surface area contributed by atoms with Crippen molar-refractivity contribution in [3.05, 3.63) is 46.5 Å². The van der Waals surface area contributed by atoms with Gasteiger partial charge in [0.05, 0.1) is 5.41 Å². The van der Waals surface area contributed by atoms with Crippen LogP contribution in [0, 0.1) is 4.77 Å². The molecule has 0 amide bonds. The Hall–Kier alpha value is -1.42. The minimum Gasteiger partial charge on any atom is -0.301 e. The molecule has 0 unspecified atom stereocenters. The predicted molar refractivity (Wildman–Crippen MR) is 74.3 cm³/mol. The van der Waals surface area contributed by atoms with E-state index in [1.807, 2.05) is 0 Å². The molecule has 1 aromatic heterocycles. The highest BCUT2D eigenvalue weighted by molar-refractivity contribution is 7.71. The molecule has 3 rings (SSSR count). The number of aromatic nitrogens is 3. The molecule has 2 aromatic rings. The Morgan fingerprint density at radius 3 is 2.50 bits per heavy atom. The van der Waals surface area contributed by atoms with Crippen molar-refractivity contribution < 1.29 is 0 Å². The highest BCUT2D eigenvalue weighted by Gasteiger charge is 2.49. The van der Waals surface area contributed by atoms with Crippen molar-refractivity contribution in [1.82, 2.24) is 14.8 Å². The van der Waals surface area contributed by atoms with Gasteiger partial charge in [-0.3, -0.25) is 5.10 Å². The van der Waals surface area contributed by atoms with Gasteiger partial charge >= 0.3 is 0 Å². The fourth-order valence-electron chi connectivity index (χ4n) is 2.64. The first kappa shape index (κ1) is 11.7. The van der Waals surface area contributed by atoms with Crippen LogP contribution in [0.15, 0.2) is 30.3 Å². The van der Waals surface area contributed by atoms with E-state index in [-0.39, 0.29) is 5.41 Å². The standard InChI is InChI=1S/C14H17N3S/c1-10(2)17-12(15-16-13(17)18)14(8-9-14)11-6-4-3-5-7-11/h3-7,10H,8-9H2,1-2H3,(H,16,18).